The van der Waals surface area contributed by atoms with Crippen LogP contribution in [0.15, 0.2) is 97.1 Å². The lowest BCUT2D eigenvalue weighted by Crippen LogP contribution is -2.63. The largest absolute Gasteiger partial charge is 0.508 e. The summed E-state index contributed by atoms with van der Waals surface area (Å²) >= 11 is 0. The Bertz CT molecular complexity index is 2970. The van der Waals surface area contributed by atoms with Crippen LogP contribution in [0.3, 0.4) is 0 Å². The number of ether oxygens (including phenoxy) is 1. The van der Waals surface area contributed by atoms with Gasteiger partial charge >= 0.3 is 0 Å². The zero-order chi connectivity index (χ0) is 61.8. The molecule has 3 heterocycles. The zero-order valence-electron chi connectivity index (χ0n) is 48.8. The van der Waals surface area contributed by atoms with Gasteiger partial charge in [0.25, 0.3) is 5.91 Å². The van der Waals surface area contributed by atoms with Crippen molar-refractivity contribution in [2.45, 2.75) is 164 Å². The highest BCUT2D eigenvalue weighted by Gasteiger charge is 2.49. The third-order valence-electron chi connectivity index (χ3n) is 16.8. The number of carbonyl (C=O) groups excluding carboxylic acids is 7. The molecule has 4 fully saturated rings. The molecule has 23 nitrogen and oxygen atoms in total. The van der Waals surface area contributed by atoms with E-state index in [0.29, 0.717) is 25.0 Å². The average Bonchev–Trinajstić information content (AvgIpc) is 3.31. The predicted molar refractivity (Wildman–Crippen MR) is 318 cm³/mol. The van der Waals surface area contributed by atoms with Crippen LogP contribution >= 0.6 is 0 Å². The molecular weight excluding hydrogens is 1110 g/mol. The number of fused-ring (bicyclic) bond motifs is 2. The number of benzene rings is 4. The van der Waals surface area contributed by atoms with E-state index in [2.05, 4.69) is 38.8 Å². The van der Waals surface area contributed by atoms with E-state index < -0.39 is 127 Å². The molecule has 8 rings (SSSR count). The van der Waals surface area contributed by atoms with Crippen molar-refractivity contribution in [1.29, 1.82) is 0 Å². The molecule has 0 bridgehead atoms. The van der Waals surface area contributed by atoms with Crippen LogP contribution in [-0.4, -0.2) is 193 Å². The molecule has 0 aromatic heterocycles. The van der Waals surface area contributed by atoms with E-state index in [1.807, 2.05) is 48.5 Å². The number of rotatable bonds is 16. The summed E-state index contributed by atoms with van der Waals surface area (Å²) in [4.78, 5) is 104. The minimum atomic E-state index is -1.92. The summed E-state index contributed by atoms with van der Waals surface area (Å²) < 4.78 is 5.88. The first-order valence-electron chi connectivity index (χ1n) is 29.9. The molecule has 0 spiro atoms. The Kier molecular flexibility index (Phi) is 22.3. The fourth-order valence-electron chi connectivity index (χ4n) is 11.8. The fourth-order valence-corrected chi connectivity index (χ4v) is 11.8. The van der Waals surface area contributed by atoms with Gasteiger partial charge in [0.15, 0.2) is 0 Å². The van der Waals surface area contributed by atoms with Crippen LogP contribution in [0.2, 0.25) is 0 Å². The second kappa shape index (κ2) is 29.7. The smallest absolute Gasteiger partial charge is 0.251 e. The molecule has 3 aliphatic heterocycles. The Balaban J connectivity index is 1.10. The lowest BCUT2D eigenvalue weighted by molar-refractivity contribution is -0.146. The normalized spacial score (nSPS) is 28.0. The Morgan fingerprint density at radius 2 is 1.35 bits per heavy atom. The average molecular weight is 1190 g/mol. The highest BCUT2D eigenvalue weighted by molar-refractivity contribution is 6.00. The van der Waals surface area contributed by atoms with Gasteiger partial charge in [0.05, 0.1) is 37.6 Å². The van der Waals surface area contributed by atoms with Gasteiger partial charge in [0.2, 0.25) is 35.4 Å². The molecule has 4 aromatic carbocycles. The van der Waals surface area contributed by atoms with Gasteiger partial charge in [-0.1, -0.05) is 100 Å². The molecule has 1 aliphatic carbocycles. The number of nitrogens with zero attached hydrogens (tertiary/aromatic N) is 2. The summed E-state index contributed by atoms with van der Waals surface area (Å²) in [6, 6.07) is 16.4. The number of amides is 7. The molecule has 86 heavy (non-hydrogen) atoms. The van der Waals surface area contributed by atoms with Gasteiger partial charge in [-0.2, -0.15) is 0 Å². The van der Waals surface area contributed by atoms with Crippen molar-refractivity contribution in [2.75, 3.05) is 32.8 Å². The summed E-state index contributed by atoms with van der Waals surface area (Å²) in [5, 5.41) is 82.7. The van der Waals surface area contributed by atoms with E-state index in [-0.39, 0.29) is 55.7 Å². The van der Waals surface area contributed by atoms with Gasteiger partial charge in [0, 0.05) is 62.1 Å². The number of phenolic OH excluding ortho intramolecular Hbond substituents is 1. The summed E-state index contributed by atoms with van der Waals surface area (Å²) in [7, 11) is 0. The van der Waals surface area contributed by atoms with E-state index >= 15 is 0 Å². The second-order valence-electron chi connectivity index (χ2n) is 23.4. The number of nitrogens with two attached hydrogens (primary N) is 1. The van der Waals surface area contributed by atoms with Gasteiger partial charge in [-0.15, -0.1) is 0 Å². The van der Waals surface area contributed by atoms with Gasteiger partial charge in [-0.05, 0) is 96.8 Å². The van der Waals surface area contributed by atoms with Crippen molar-refractivity contribution >= 4 is 41.4 Å². The molecule has 1 unspecified atom stereocenters. The van der Waals surface area contributed by atoms with Crippen molar-refractivity contribution in [1.82, 2.24) is 41.7 Å². The molecule has 7 amide bonds. The number of aliphatic hydroxyl groups is 5. The standard InChI is InChI=1S/C63H83N9O14/c1-4-5-8-27-86-46-25-21-41(22-26-46)39-15-13-38(14-16-39)40-17-19-42(20-18-40)57(79)67-49-29-43(66-48-10-7-6-9-47(48)64)31-65-61(83)55-56(78)35(2)32-72(55)62(84)50(34-73)68-60(82)54(52(77)28-37-11-23-44(75)24-12-37)70-59(81)51-30-45(76)33-71(51)63(85)53(36(3)74)69-58(49)80/h11-26,35-36,43,45,47-56,66,73-78H,4-10,27-34,64H2,1-3H3,(H,65,83)(H,67,79)(H,68,82)(H,69,80)(H,70,81)/t35-,36+,43?,45+,47+,48+,49-,50+,51-,52+,53-,54-,55-,56-/m0/s1. The molecule has 464 valence electrons. The Morgan fingerprint density at radius 3 is 1.97 bits per heavy atom. The lowest BCUT2D eigenvalue weighted by Gasteiger charge is -2.35. The molecule has 4 aromatic rings. The number of nitrogens with one attached hydrogen (secondary N) is 6. The molecule has 14 N–H and O–H groups in total. The molecule has 1 saturated carbocycles. The van der Waals surface area contributed by atoms with Crippen molar-refractivity contribution in [3.63, 3.8) is 0 Å². The molecule has 3 saturated heterocycles. The van der Waals surface area contributed by atoms with Gasteiger partial charge in [0.1, 0.15) is 47.8 Å². The second-order valence-corrected chi connectivity index (χ2v) is 23.4. The summed E-state index contributed by atoms with van der Waals surface area (Å²) in [6.45, 7) is 3.67. The van der Waals surface area contributed by atoms with Crippen LogP contribution in [0.5, 0.6) is 11.5 Å². The molecule has 4 aliphatic rings. The number of aromatic hydroxyl groups is 1. The van der Waals surface area contributed by atoms with Crippen molar-refractivity contribution in [3.8, 4) is 33.8 Å². The SMILES string of the molecule is CCCCCOc1ccc(-c2ccc(-c3ccc(C(=O)N[C@H]4CC(N[C@@H]5CCCC[C@H]5N)CNC(=O)[C@@H]5[C@@H](O)[C@@H](C)CN5C(=O)[C@@H](CO)NC(=O)[C@H]([C@H](O)Cc5ccc(O)cc5)NC(=O)[C@@H]5C[C@@H](O)CN5C(=O)[C@H]([C@@H](C)O)NC4=O)cc3)cc2)cc1. The van der Waals surface area contributed by atoms with E-state index in [1.54, 1.807) is 31.2 Å². The van der Waals surface area contributed by atoms with Crippen molar-refractivity contribution in [2.24, 2.45) is 11.7 Å². The first-order chi connectivity index (χ1) is 41.2. The molecule has 23 heteroatoms. The van der Waals surface area contributed by atoms with Gasteiger partial charge in [-0.25, -0.2) is 0 Å². The van der Waals surface area contributed by atoms with E-state index in [0.717, 1.165) is 69.9 Å². The van der Waals surface area contributed by atoms with Crippen LogP contribution in [0.25, 0.3) is 22.3 Å². The third kappa shape index (κ3) is 16.1. The number of hydrogen-bond donors (Lipinski definition) is 13. The molecule has 14 atom stereocenters. The monoisotopic (exact) mass is 1190 g/mol. The fraction of sp³-hybridized carbons (Fsp3) is 0.508. The van der Waals surface area contributed by atoms with E-state index in [9.17, 15) is 64.2 Å². The summed E-state index contributed by atoms with van der Waals surface area (Å²) in [5.74, 6) is -6.71. The van der Waals surface area contributed by atoms with Crippen LogP contribution in [0, 0.1) is 5.92 Å². The number of carbonyl (C=O) groups is 7. The van der Waals surface area contributed by atoms with E-state index in [1.165, 1.54) is 31.2 Å². The Labute approximate surface area is 500 Å². The maximum absolute atomic E-state index is 15.0. The summed E-state index contributed by atoms with van der Waals surface area (Å²) in [5.41, 5.74) is 10.9. The van der Waals surface area contributed by atoms with Crippen LogP contribution in [0.4, 0.5) is 0 Å². The minimum Gasteiger partial charge on any atom is -0.508 e. The third-order valence-corrected chi connectivity index (χ3v) is 16.8. The predicted octanol–water partition coefficient (Wildman–Crippen LogP) is 0.742. The number of aliphatic hydroxyl groups excluding tert-OH is 5. The maximum atomic E-state index is 15.0. The van der Waals surface area contributed by atoms with Gasteiger partial charge in [-0.3, -0.25) is 33.6 Å². The van der Waals surface area contributed by atoms with Crippen molar-refractivity contribution < 1.29 is 68.9 Å². The first kappa shape index (κ1) is 64.5. The molecular formula is C63H83N9O14. The van der Waals surface area contributed by atoms with Crippen LogP contribution < -0.4 is 42.4 Å². The maximum Gasteiger partial charge on any atom is 0.251 e. The Morgan fingerprint density at radius 1 is 0.733 bits per heavy atom. The van der Waals surface area contributed by atoms with Crippen LogP contribution in [0.1, 0.15) is 94.5 Å². The summed E-state index contributed by atoms with van der Waals surface area (Å²) in [6.07, 6.45) is -1.00. The topological polar surface area (TPSA) is 355 Å². The first-order valence-corrected chi connectivity index (χ1v) is 29.9. The quantitative estimate of drug-likeness (QED) is 0.0688. The van der Waals surface area contributed by atoms with Crippen molar-refractivity contribution in [3.05, 3.63) is 108 Å². The number of phenols is 1. The Hall–Kier alpha value is -7.51. The number of hydrogen-bond acceptors (Lipinski definition) is 16. The zero-order valence-corrected chi connectivity index (χ0v) is 48.8. The number of unbranched alkanes of at least 4 members (excludes halogenated alkanes) is 2. The highest BCUT2D eigenvalue weighted by Crippen LogP contribution is 2.29. The highest BCUT2D eigenvalue weighted by atomic mass is 16.5. The van der Waals surface area contributed by atoms with E-state index in [4.69, 9.17) is 10.5 Å². The molecule has 0 radical (unpaired) electrons. The minimum absolute atomic E-state index is 0.0932. The van der Waals surface area contributed by atoms with Gasteiger partial charge < -0.3 is 82.8 Å². The van der Waals surface area contributed by atoms with Crippen LogP contribution in [-0.2, 0) is 35.2 Å². The lowest BCUT2D eigenvalue weighted by atomic mass is 9.90.